The molecule has 4 nitrogen and oxygen atoms in total. The molecule has 0 aromatic heterocycles. The summed E-state index contributed by atoms with van der Waals surface area (Å²) >= 11 is 0. The van der Waals surface area contributed by atoms with Crippen molar-refractivity contribution in [2.45, 2.75) is 26.7 Å². The number of hydrogen-bond donors (Lipinski definition) is 1. The summed E-state index contributed by atoms with van der Waals surface area (Å²) in [6, 6.07) is 12.7. The fourth-order valence-corrected chi connectivity index (χ4v) is 3.82. The van der Waals surface area contributed by atoms with Crippen LogP contribution in [0.2, 0.25) is 0 Å². The smallest absolute Gasteiger partial charge is 0.132 e. The molecule has 4 heteroatoms. The van der Waals surface area contributed by atoms with Crippen LogP contribution in [-0.4, -0.2) is 26.2 Å². The highest BCUT2D eigenvalue weighted by atomic mass is 15.2. The van der Waals surface area contributed by atoms with E-state index in [2.05, 4.69) is 60.5 Å². The molecule has 1 aromatic rings. The lowest BCUT2D eigenvalue weighted by molar-refractivity contribution is 0.354. The van der Waals surface area contributed by atoms with E-state index in [9.17, 15) is 10.5 Å². The van der Waals surface area contributed by atoms with Crippen molar-refractivity contribution in [1.82, 2.24) is 5.32 Å². The molecule has 0 unspecified atom stereocenters. The lowest BCUT2D eigenvalue weighted by Gasteiger charge is -2.30. The van der Waals surface area contributed by atoms with Crippen molar-refractivity contribution in [2.24, 2.45) is 5.41 Å². The van der Waals surface area contributed by atoms with Gasteiger partial charge in [-0.15, -0.1) is 0 Å². The van der Waals surface area contributed by atoms with Gasteiger partial charge < -0.3 is 10.2 Å². The van der Waals surface area contributed by atoms with Crippen LogP contribution in [-0.2, 0) is 0 Å². The van der Waals surface area contributed by atoms with Crippen LogP contribution in [0.25, 0.3) is 6.08 Å². The Morgan fingerprint density at radius 2 is 1.70 bits per heavy atom. The molecule has 1 aromatic carbocycles. The van der Waals surface area contributed by atoms with Gasteiger partial charge in [-0.2, -0.15) is 10.5 Å². The first-order valence-corrected chi connectivity index (χ1v) is 9.48. The largest absolute Gasteiger partial charge is 0.369 e. The number of benzene rings is 1. The summed E-state index contributed by atoms with van der Waals surface area (Å²) in [6.07, 6.45) is 7.95. The summed E-state index contributed by atoms with van der Waals surface area (Å²) in [7, 11) is 0. The summed E-state index contributed by atoms with van der Waals surface area (Å²) in [6.45, 7) is 8.54. The molecule has 1 fully saturated rings. The number of hydrogen-bond acceptors (Lipinski definition) is 4. The van der Waals surface area contributed by atoms with Gasteiger partial charge >= 0.3 is 0 Å². The van der Waals surface area contributed by atoms with Gasteiger partial charge in [0.1, 0.15) is 17.7 Å². The van der Waals surface area contributed by atoms with Gasteiger partial charge in [0.25, 0.3) is 0 Å². The van der Waals surface area contributed by atoms with Gasteiger partial charge in [-0.05, 0) is 47.1 Å². The summed E-state index contributed by atoms with van der Waals surface area (Å²) < 4.78 is 0. The summed E-state index contributed by atoms with van der Waals surface area (Å²) in [5.41, 5.74) is 4.72. The fraction of sp³-hybridized carbons (Fsp3) is 0.391. The number of allylic oxidation sites excluding steroid dienone is 5. The van der Waals surface area contributed by atoms with Crippen molar-refractivity contribution in [3.05, 3.63) is 58.7 Å². The number of nitriles is 2. The van der Waals surface area contributed by atoms with Crippen molar-refractivity contribution in [1.29, 1.82) is 10.5 Å². The maximum atomic E-state index is 9.19. The van der Waals surface area contributed by atoms with E-state index in [4.69, 9.17) is 0 Å². The number of anilines is 1. The average Bonchev–Trinajstić information content (AvgIpc) is 2.67. The van der Waals surface area contributed by atoms with E-state index in [-0.39, 0.29) is 11.0 Å². The second kappa shape index (κ2) is 8.25. The molecule has 0 amide bonds. The molecular formula is C23H26N4. The maximum absolute atomic E-state index is 9.19. The molecular weight excluding hydrogens is 332 g/mol. The van der Waals surface area contributed by atoms with Crippen molar-refractivity contribution in [2.75, 3.05) is 31.1 Å². The minimum absolute atomic E-state index is 0.0505. The normalized spacial score (nSPS) is 19.3. The molecule has 1 saturated heterocycles. The molecule has 1 aliphatic carbocycles. The number of rotatable bonds is 3. The van der Waals surface area contributed by atoms with Crippen LogP contribution in [0.15, 0.2) is 53.1 Å². The van der Waals surface area contributed by atoms with Gasteiger partial charge in [0, 0.05) is 31.9 Å². The van der Waals surface area contributed by atoms with E-state index < -0.39 is 0 Å². The monoisotopic (exact) mass is 358 g/mol. The topological polar surface area (TPSA) is 62.9 Å². The van der Waals surface area contributed by atoms with Crippen molar-refractivity contribution in [3.8, 4) is 12.1 Å². The highest BCUT2D eigenvalue weighted by Gasteiger charge is 2.26. The van der Waals surface area contributed by atoms with Crippen LogP contribution in [0.1, 0.15) is 32.3 Å². The summed E-state index contributed by atoms with van der Waals surface area (Å²) in [5, 5.41) is 21.8. The van der Waals surface area contributed by atoms with E-state index in [1.54, 1.807) is 0 Å². The van der Waals surface area contributed by atoms with Crippen LogP contribution >= 0.6 is 0 Å². The van der Waals surface area contributed by atoms with Gasteiger partial charge in [0.15, 0.2) is 0 Å². The molecule has 1 N–H and O–H groups in total. The van der Waals surface area contributed by atoms with Crippen molar-refractivity contribution < 1.29 is 0 Å². The Bertz CT molecular complexity index is 835. The Morgan fingerprint density at radius 3 is 2.33 bits per heavy atom. The average molecular weight is 358 g/mol. The molecule has 0 saturated carbocycles. The van der Waals surface area contributed by atoms with Crippen LogP contribution in [0, 0.1) is 28.1 Å². The third kappa shape index (κ3) is 4.88. The second-order valence-corrected chi connectivity index (χ2v) is 8.02. The Balaban J connectivity index is 1.77. The first kappa shape index (κ1) is 19.0. The third-order valence-electron chi connectivity index (χ3n) is 5.12. The van der Waals surface area contributed by atoms with Gasteiger partial charge in [0.2, 0.25) is 0 Å². The number of piperazine rings is 1. The quantitative estimate of drug-likeness (QED) is 0.823. The minimum Gasteiger partial charge on any atom is -0.369 e. The van der Waals surface area contributed by atoms with E-state index >= 15 is 0 Å². The molecule has 0 atom stereocenters. The molecule has 0 bridgehead atoms. The summed E-state index contributed by atoms with van der Waals surface area (Å²) in [4.78, 5) is 2.40. The van der Waals surface area contributed by atoms with Gasteiger partial charge in [0.05, 0.1) is 0 Å². The van der Waals surface area contributed by atoms with Crippen molar-refractivity contribution >= 4 is 11.8 Å². The van der Waals surface area contributed by atoms with Crippen molar-refractivity contribution in [3.63, 3.8) is 0 Å². The number of nitrogens with one attached hydrogen (secondary N) is 1. The predicted molar refractivity (Wildman–Crippen MR) is 110 cm³/mol. The lowest BCUT2D eigenvalue weighted by atomic mass is 9.74. The molecule has 1 aliphatic heterocycles. The maximum Gasteiger partial charge on any atom is 0.132 e. The second-order valence-electron chi connectivity index (χ2n) is 8.02. The molecule has 0 spiro atoms. The van der Waals surface area contributed by atoms with Gasteiger partial charge in [-0.1, -0.05) is 44.2 Å². The third-order valence-corrected chi connectivity index (χ3v) is 5.12. The van der Waals surface area contributed by atoms with Crippen LogP contribution in [0.3, 0.4) is 0 Å². The predicted octanol–water partition coefficient (Wildman–Crippen LogP) is 4.20. The van der Waals surface area contributed by atoms with Crippen LogP contribution < -0.4 is 10.2 Å². The SMILES string of the molecule is CC1(C)CC(/C=C/c2ccc(N3CCNCC3)cc2)=CC(=C(C#N)C#N)C1. The lowest BCUT2D eigenvalue weighted by Crippen LogP contribution is -2.43. The molecule has 0 radical (unpaired) electrons. The number of nitrogens with zero attached hydrogens (tertiary/aromatic N) is 3. The zero-order valence-corrected chi connectivity index (χ0v) is 16.1. The van der Waals surface area contributed by atoms with Gasteiger partial charge in [-0.3, -0.25) is 0 Å². The van der Waals surface area contributed by atoms with E-state index in [0.29, 0.717) is 0 Å². The van der Waals surface area contributed by atoms with Gasteiger partial charge in [-0.25, -0.2) is 0 Å². The zero-order chi connectivity index (χ0) is 19.3. The highest BCUT2D eigenvalue weighted by Crippen LogP contribution is 2.39. The van der Waals surface area contributed by atoms with E-state index in [0.717, 1.165) is 55.7 Å². The fourth-order valence-electron chi connectivity index (χ4n) is 3.82. The summed E-state index contributed by atoms with van der Waals surface area (Å²) in [5.74, 6) is 0. The molecule has 2 aliphatic rings. The minimum atomic E-state index is 0.0505. The Hall–Kier alpha value is -2.82. The Labute approximate surface area is 162 Å². The zero-order valence-electron chi connectivity index (χ0n) is 16.1. The Morgan fingerprint density at radius 1 is 1.04 bits per heavy atom. The van der Waals surface area contributed by atoms with Crippen LogP contribution in [0.5, 0.6) is 0 Å². The molecule has 27 heavy (non-hydrogen) atoms. The first-order chi connectivity index (χ1) is 13.0. The molecule has 3 rings (SSSR count). The highest BCUT2D eigenvalue weighted by molar-refractivity contribution is 5.59. The standard InChI is InChI=1S/C23H26N4/c1-23(2)14-19(13-20(15-23)21(16-24)17-25)4-3-18-5-7-22(8-6-18)27-11-9-26-10-12-27/h3-8,13,26H,9-12,14-15H2,1-2H3/b4-3+. The van der Waals surface area contributed by atoms with Crippen LogP contribution in [0.4, 0.5) is 5.69 Å². The molecule has 138 valence electrons. The molecule has 1 heterocycles. The first-order valence-electron chi connectivity index (χ1n) is 9.48. The van der Waals surface area contributed by atoms with E-state index in [1.165, 1.54) is 5.69 Å². The Kier molecular flexibility index (Phi) is 5.79. The van der Waals surface area contributed by atoms with E-state index in [1.807, 2.05) is 18.2 Å².